The van der Waals surface area contributed by atoms with Crippen LogP contribution in [0, 0.1) is 5.82 Å². The molecule has 2 fully saturated rings. The first kappa shape index (κ1) is 21.0. The zero-order chi connectivity index (χ0) is 19.9. The van der Waals surface area contributed by atoms with Crippen molar-refractivity contribution in [3.8, 4) is 0 Å². The quantitative estimate of drug-likeness (QED) is 0.615. The van der Waals surface area contributed by atoms with E-state index in [-0.39, 0.29) is 18.0 Å². The van der Waals surface area contributed by atoms with Crippen molar-refractivity contribution in [1.29, 1.82) is 0 Å². The molecule has 156 valence electrons. The maximum absolute atomic E-state index is 13.3. The Morgan fingerprint density at radius 2 is 1.96 bits per heavy atom. The van der Waals surface area contributed by atoms with Crippen LogP contribution in [0.2, 0.25) is 0 Å². The molecule has 6 nitrogen and oxygen atoms in total. The molecule has 2 heterocycles. The number of hydrogen-bond acceptors (Lipinski definition) is 4. The molecular formula is C21H33FN4O2. The van der Waals surface area contributed by atoms with E-state index in [0.717, 1.165) is 57.5 Å². The fraction of sp³-hybridized carbons (Fsp3) is 0.667. The van der Waals surface area contributed by atoms with Crippen molar-refractivity contribution in [3.63, 3.8) is 0 Å². The lowest BCUT2D eigenvalue weighted by atomic mass is 10.1. The molecule has 2 aliphatic heterocycles. The van der Waals surface area contributed by atoms with E-state index >= 15 is 0 Å². The highest BCUT2D eigenvalue weighted by molar-refractivity contribution is 5.80. The normalized spacial score (nSPS) is 25.6. The predicted molar refractivity (Wildman–Crippen MR) is 109 cm³/mol. The minimum absolute atomic E-state index is 0.0734. The highest BCUT2D eigenvalue weighted by Crippen LogP contribution is 2.25. The minimum Gasteiger partial charge on any atom is -0.379 e. The molecule has 0 aliphatic carbocycles. The van der Waals surface area contributed by atoms with Crippen LogP contribution >= 0.6 is 0 Å². The summed E-state index contributed by atoms with van der Waals surface area (Å²) in [5.74, 6) is 0.696. The molecule has 0 spiro atoms. The topological polar surface area (TPSA) is 49.3 Å². The van der Waals surface area contributed by atoms with Crippen molar-refractivity contribution >= 4 is 5.96 Å². The van der Waals surface area contributed by atoms with Gasteiger partial charge >= 0.3 is 0 Å². The highest BCUT2D eigenvalue weighted by Gasteiger charge is 2.28. The Balaban J connectivity index is 1.67. The fourth-order valence-electron chi connectivity index (χ4n) is 3.76. The molecular weight excluding hydrogens is 359 g/mol. The van der Waals surface area contributed by atoms with Gasteiger partial charge in [0.1, 0.15) is 11.9 Å². The molecule has 28 heavy (non-hydrogen) atoms. The van der Waals surface area contributed by atoms with E-state index in [0.29, 0.717) is 12.6 Å². The third-order valence-electron chi connectivity index (χ3n) is 5.31. The van der Waals surface area contributed by atoms with E-state index in [2.05, 4.69) is 35.9 Å². The van der Waals surface area contributed by atoms with Gasteiger partial charge in [-0.3, -0.25) is 9.89 Å². The summed E-state index contributed by atoms with van der Waals surface area (Å²) in [5, 5.41) is 3.43. The van der Waals surface area contributed by atoms with Gasteiger partial charge in [0.15, 0.2) is 5.96 Å². The number of nitrogens with one attached hydrogen (secondary N) is 1. The second-order valence-electron chi connectivity index (χ2n) is 7.58. The summed E-state index contributed by atoms with van der Waals surface area (Å²) in [6.45, 7) is 13.0. The largest absolute Gasteiger partial charge is 0.379 e. The lowest BCUT2D eigenvalue weighted by Gasteiger charge is -2.39. The van der Waals surface area contributed by atoms with E-state index in [1.165, 1.54) is 12.1 Å². The zero-order valence-electron chi connectivity index (χ0n) is 17.2. The van der Waals surface area contributed by atoms with E-state index in [1.54, 1.807) is 12.1 Å². The SMILES string of the molecule is CCNC(=NCC(C)N1CCOCC1)N1CC(C)OC(c2ccc(F)cc2)C1. The van der Waals surface area contributed by atoms with Crippen LogP contribution in [0.15, 0.2) is 29.3 Å². The molecule has 1 aromatic carbocycles. The number of nitrogens with zero attached hydrogens (tertiary/aromatic N) is 3. The van der Waals surface area contributed by atoms with Crippen molar-refractivity contribution in [1.82, 2.24) is 15.1 Å². The van der Waals surface area contributed by atoms with Gasteiger partial charge in [-0.15, -0.1) is 0 Å². The number of aliphatic imine (C=N–C) groups is 1. The average molecular weight is 393 g/mol. The predicted octanol–water partition coefficient (Wildman–Crippen LogP) is 2.27. The van der Waals surface area contributed by atoms with Gasteiger partial charge < -0.3 is 19.7 Å². The van der Waals surface area contributed by atoms with Crippen LogP contribution in [0.1, 0.15) is 32.4 Å². The lowest BCUT2D eigenvalue weighted by Crippen LogP contribution is -2.51. The smallest absolute Gasteiger partial charge is 0.194 e. The minimum atomic E-state index is -0.225. The van der Waals surface area contributed by atoms with Gasteiger partial charge in [0.05, 0.1) is 32.4 Å². The molecule has 0 aromatic heterocycles. The second-order valence-corrected chi connectivity index (χ2v) is 7.58. The number of guanidine groups is 1. The summed E-state index contributed by atoms with van der Waals surface area (Å²) in [6, 6.07) is 6.97. The van der Waals surface area contributed by atoms with E-state index < -0.39 is 0 Å². The Morgan fingerprint density at radius 3 is 2.64 bits per heavy atom. The monoisotopic (exact) mass is 392 g/mol. The van der Waals surface area contributed by atoms with Crippen molar-refractivity contribution < 1.29 is 13.9 Å². The summed E-state index contributed by atoms with van der Waals surface area (Å²) >= 11 is 0. The Morgan fingerprint density at radius 1 is 1.25 bits per heavy atom. The van der Waals surface area contributed by atoms with Gasteiger partial charge in [-0.2, -0.15) is 0 Å². The number of ether oxygens (including phenoxy) is 2. The van der Waals surface area contributed by atoms with Gasteiger partial charge in [0.25, 0.3) is 0 Å². The van der Waals surface area contributed by atoms with Crippen molar-refractivity contribution in [3.05, 3.63) is 35.6 Å². The molecule has 3 rings (SSSR count). The molecule has 0 amide bonds. The zero-order valence-corrected chi connectivity index (χ0v) is 17.2. The van der Waals surface area contributed by atoms with Crippen LogP contribution in [0.25, 0.3) is 0 Å². The maximum Gasteiger partial charge on any atom is 0.194 e. The van der Waals surface area contributed by atoms with Crippen LogP contribution in [-0.2, 0) is 9.47 Å². The molecule has 0 radical (unpaired) electrons. The van der Waals surface area contributed by atoms with Gasteiger partial charge in [0.2, 0.25) is 0 Å². The van der Waals surface area contributed by atoms with Crippen molar-refractivity contribution in [2.45, 2.75) is 39.0 Å². The molecule has 1 aromatic rings. The lowest BCUT2D eigenvalue weighted by molar-refractivity contribution is -0.0605. The first-order valence-electron chi connectivity index (χ1n) is 10.3. The van der Waals surface area contributed by atoms with E-state index in [9.17, 15) is 4.39 Å². The third-order valence-corrected chi connectivity index (χ3v) is 5.31. The van der Waals surface area contributed by atoms with Gasteiger partial charge in [-0.25, -0.2) is 4.39 Å². The molecule has 3 unspecified atom stereocenters. The molecule has 1 N–H and O–H groups in total. The van der Waals surface area contributed by atoms with Crippen LogP contribution in [-0.4, -0.2) is 80.4 Å². The standard InChI is InChI=1S/C21H33FN4O2/c1-4-23-21(24-13-16(2)25-9-11-27-12-10-25)26-14-17(3)28-20(15-26)18-5-7-19(22)8-6-18/h5-8,16-17,20H,4,9-15H2,1-3H3,(H,23,24). The van der Waals surface area contributed by atoms with Crippen LogP contribution in [0.3, 0.4) is 0 Å². The van der Waals surface area contributed by atoms with Crippen LogP contribution < -0.4 is 5.32 Å². The highest BCUT2D eigenvalue weighted by atomic mass is 19.1. The summed E-state index contributed by atoms with van der Waals surface area (Å²) in [4.78, 5) is 9.61. The first-order chi connectivity index (χ1) is 13.6. The second kappa shape index (κ2) is 10.2. The Kier molecular flexibility index (Phi) is 7.65. The van der Waals surface area contributed by atoms with Crippen LogP contribution in [0.5, 0.6) is 0 Å². The summed E-state index contributed by atoms with van der Waals surface area (Å²) in [6.07, 6.45) is -0.0193. The summed E-state index contributed by atoms with van der Waals surface area (Å²) in [5.41, 5.74) is 0.996. The summed E-state index contributed by atoms with van der Waals surface area (Å²) in [7, 11) is 0. The number of halogens is 1. The number of benzene rings is 1. The maximum atomic E-state index is 13.3. The van der Waals surface area contributed by atoms with E-state index in [1.807, 2.05) is 0 Å². The molecule has 0 bridgehead atoms. The van der Waals surface area contributed by atoms with Gasteiger partial charge in [-0.1, -0.05) is 12.1 Å². The Labute approximate surface area is 167 Å². The Bertz CT molecular complexity index is 634. The first-order valence-corrected chi connectivity index (χ1v) is 10.3. The molecule has 2 aliphatic rings. The molecule has 7 heteroatoms. The van der Waals surface area contributed by atoms with Crippen molar-refractivity contribution in [2.24, 2.45) is 4.99 Å². The fourth-order valence-corrected chi connectivity index (χ4v) is 3.76. The third kappa shape index (κ3) is 5.65. The molecule has 2 saturated heterocycles. The van der Waals surface area contributed by atoms with Gasteiger partial charge in [-0.05, 0) is 38.5 Å². The van der Waals surface area contributed by atoms with Crippen LogP contribution in [0.4, 0.5) is 4.39 Å². The van der Waals surface area contributed by atoms with Gasteiger partial charge in [0, 0.05) is 32.2 Å². The Hall–Kier alpha value is -1.70. The van der Waals surface area contributed by atoms with E-state index in [4.69, 9.17) is 14.5 Å². The number of hydrogen-bond donors (Lipinski definition) is 1. The number of morpholine rings is 2. The number of rotatable bonds is 5. The van der Waals surface area contributed by atoms with Crippen molar-refractivity contribution in [2.75, 3.05) is 52.5 Å². The average Bonchev–Trinajstić information content (AvgIpc) is 2.71. The molecule has 0 saturated carbocycles. The summed E-state index contributed by atoms with van der Waals surface area (Å²) < 4.78 is 24.8. The molecule has 3 atom stereocenters.